The topological polar surface area (TPSA) is 94.7 Å². The first-order valence-electron chi connectivity index (χ1n) is 10.7. The summed E-state index contributed by atoms with van der Waals surface area (Å²) in [6.45, 7) is 6.33. The van der Waals surface area contributed by atoms with Gasteiger partial charge in [-0.2, -0.15) is 0 Å². The third-order valence-electron chi connectivity index (χ3n) is 6.12. The maximum Gasteiger partial charge on any atom is 0.235 e. The lowest BCUT2D eigenvalue weighted by molar-refractivity contribution is -0.118. The van der Waals surface area contributed by atoms with Gasteiger partial charge in [-0.15, -0.1) is 0 Å². The van der Waals surface area contributed by atoms with Crippen LogP contribution in [-0.2, 0) is 22.2 Å². The Morgan fingerprint density at radius 2 is 1.90 bits per heavy atom. The zero-order valence-electron chi connectivity index (χ0n) is 18.2. The number of nitrogens with one attached hydrogen (secondary N) is 1. The van der Waals surface area contributed by atoms with Gasteiger partial charge < -0.3 is 25.2 Å². The van der Waals surface area contributed by atoms with Gasteiger partial charge in [0.2, 0.25) is 5.91 Å². The van der Waals surface area contributed by atoms with Gasteiger partial charge in [0.15, 0.2) is 0 Å². The zero-order chi connectivity index (χ0) is 22.4. The first-order valence-corrected chi connectivity index (χ1v) is 10.7. The average molecular weight is 423 g/mol. The predicted octanol–water partition coefficient (Wildman–Crippen LogP) is 3.67. The van der Waals surface area contributed by atoms with Gasteiger partial charge >= 0.3 is 0 Å². The third-order valence-corrected chi connectivity index (χ3v) is 6.12. The lowest BCUT2D eigenvalue weighted by Gasteiger charge is -2.23. The fourth-order valence-corrected chi connectivity index (χ4v) is 4.26. The van der Waals surface area contributed by atoms with E-state index in [1.807, 2.05) is 28.8 Å². The van der Waals surface area contributed by atoms with Crippen LogP contribution in [0.15, 0.2) is 48.5 Å². The normalized spacial score (nSPS) is 16.3. The fourth-order valence-electron chi connectivity index (χ4n) is 4.26. The molecule has 1 fully saturated rings. The molecule has 1 aromatic heterocycles. The Balaban J connectivity index is 1.65. The van der Waals surface area contributed by atoms with Crippen molar-refractivity contribution in [3.63, 3.8) is 0 Å². The second-order valence-corrected chi connectivity index (χ2v) is 9.59. The zero-order valence-corrected chi connectivity index (χ0v) is 18.2. The molecule has 1 aliphatic carbocycles. The molecule has 1 heterocycles. The molecule has 0 saturated heterocycles. The highest BCUT2D eigenvalue weighted by Gasteiger charge is 2.51. The summed E-state index contributed by atoms with van der Waals surface area (Å²) in [5, 5.41) is 33.2. The Morgan fingerprint density at radius 3 is 2.52 bits per heavy atom. The van der Waals surface area contributed by atoms with E-state index >= 15 is 0 Å². The first-order chi connectivity index (χ1) is 14.6. The molecule has 164 valence electrons. The lowest BCUT2D eigenvalue weighted by atomic mass is 9.92. The highest BCUT2D eigenvalue weighted by Crippen LogP contribution is 2.49. The van der Waals surface area contributed by atoms with E-state index in [0.29, 0.717) is 12.2 Å². The molecule has 4 rings (SSSR count). The molecule has 6 heteroatoms. The van der Waals surface area contributed by atoms with Gasteiger partial charge in [0, 0.05) is 27.7 Å². The summed E-state index contributed by atoms with van der Waals surface area (Å²) >= 11 is 0. The van der Waals surface area contributed by atoms with Crippen molar-refractivity contribution in [3.05, 3.63) is 59.8 Å². The van der Waals surface area contributed by atoms with Crippen molar-refractivity contribution in [2.24, 2.45) is 0 Å². The van der Waals surface area contributed by atoms with Crippen molar-refractivity contribution >= 4 is 22.5 Å². The average Bonchev–Trinajstić information content (AvgIpc) is 3.45. The predicted molar refractivity (Wildman–Crippen MR) is 121 cm³/mol. The smallest absolute Gasteiger partial charge is 0.235 e. The SMILES string of the molecule is CC(C)(C)c1cc2cc(NC(=O)C3(c4cccc(O)c4)CC3)ccc2n1C[C@@H](O)CO. The lowest BCUT2D eigenvalue weighted by Crippen LogP contribution is -2.27. The summed E-state index contributed by atoms with van der Waals surface area (Å²) in [6.07, 6.45) is 0.676. The number of carbonyl (C=O) groups excluding carboxylic acids is 1. The molecule has 1 saturated carbocycles. The molecular formula is C25H30N2O4. The van der Waals surface area contributed by atoms with Gasteiger partial charge in [-0.1, -0.05) is 32.9 Å². The van der Waals surface area contributed by atoms with E-state index in [9.17, 15) is 20.1 Å². The number of phenolic OH excluding ortho intramolecular Hbond substituents is 1. The highest BCUT2D eigenvalue weighted by molar-refractivity contribution is 6.02. The number of aliphatic hydroxyl groups excluding tert-OH is 2. The second-order valence-electron chi connectivity index (χ2n) is 9.59. The fraction of sp³-hybridized carbons (Fsp3) is 0.400. The third kappa shape index (κ3) is 4.05. The number of benzene rings is 2. The molecule has 0 aliphatic heterocycles. The molecule has 1 aliphatic rings. The largest absolute Gasteiger partial charge is 0.508 e. The maximum absolute atomic E-state index is 13.1. The van der Waals surface area contributed by atoms with E-state index in [-0.39, 0.29) is 23.7 Å². The number of nitrogens with zero attached hydrogens (tertiary/aromatic N) is 1. The summed E-state index contributed by atoms with van der Waals surface area (Å²) in [5.41, 5.74) is 2.82. The van der Waals surface area contributed by atoms with Crippen molar-refractivity contribution in [3.8, 4) is 5.75 Å². The van der Waals surface area contributed by atoms with Gasteiger partial charge in [0.1, 0.15) is 5.75 Å². The van der Waals surface area contributed by atoms with Crippen LogP contribution in [0.4, 0.5) is 5.69 Å². The van der Waals surface area contributed by atoms with E-state index in [1.54, 1.807) is 18.2 Å². The minimum Gasteiger partial charge on any atom is -0.508 e. The number of aliphatic hydroxyl groups is 2. The number of aromatic nitrogens is 1. The van der Waals surface area contributed by atoms with Gasteiger partial charge in [0.05, 0.1) is 24.7 Å². The molecule has 31 heavy (non-hydrogen) atoms. The Morgan fingerprint density at radius 1 is 1.16 bits per heavy atom. The second kappa shape index (κ2) is 7.70. The van der Waals surface area contributed by atoms with Crippen molar-refractivity contribution in [1.82, 2.24) is 4.57 Å². The van der Waals surface area contributed by atoms with E-state index < -0.39 is 11.5 Å². The summed E-state index contributed by atoms with van der Waals surface area (Å²) in [4.78, 5) is 13.1. The summed E-state index contributed by atoms with van der Waals surface area (Å²) in [6, 6.07) is 14.8. The molecular weight excluding hydrogens is 392 g/mol. The Kier molecular flexibility index (Phi) is 5.31. The number of hydrogen-bond acceptors (Lipinski definition) is 4. The van der Waals surface area contributed by atoms with Crippen molar-refractivity contribution in [2.45, 2.75) is 57.1 Å². The number of aromatic hydroxyl groups is 1. The molecule has 0 unspecified atom stereocenters. The monoisotopic (exact) mass is 422 g/mol. The highest BCUT2D eigenvalue weighted by atomic mass is 16.3. The quantitative estimate of drug-likeness (QED) is 0.488. The van der Waals surface area contributed by atoms with Gasteiger partial charge in [-0.25, -0.2) is 0 Å². The van der Waals surface area contributed by atoms with Crippen LogP contribution in [0, 0.1) is 0 Å². The summed E-state index contributed by atoms with van der Waals surface area (Å²) in [7, 11) is 0. The Hall–Kier alpha value is -2.83. The van der Waals surface area contributed by atoms with Crippen LogP contribution in [0.5, 0.6) is 5.75 Å². The van der Waals surface area contributed by atoms with Gasteiger partial charge in [-0.05, 0) is 54.8 Å². The van der Waals surface area contributed by atoms with Crippen LogP contribution < -0.4 is 5.32 Å². The van der Waals surface area contributed by atoms with Crippen LogP contribution in [0.2, 0.25) is 0 Å². The van der Waals surface area contributed by atoms with E-state index in [0.717, 1.165) is 35.0 Å². The number of anilines is 1. The number of carbonyl (C=O) groups is 1. The maximum atomic E-state index is 13.1. The number of rotatable bonds is 6. The number of hydrogen-bond donors (Lipinski definition) is 4. The molecule has 2 aromatic carbocycles. The molecule has 0 spiro atoms. The Bertz CT molecular complexity index is 1120. The minimum absolute atomic E-state index is 0.0661. The molecule has 6 nitrogen and oxygen atoms in total. The Labute approximate surface area is 182 Å². The van der Waals surface area contributed by atoms with E-state index in [2.05, 4.69) is 32.2 Å². The van der Waals surface area contributed by atoms with Gasteiger partial charge in [-0.3, -0.25) is 4.79 Å². The summed E-state index contributed by atoms with van der Waals surface area (Å²) in [5.74, 6) is 0.0998. The molecule has 1 atom stereocenters. The van der Waals surface area contributed by atoms with Crippen LogP contribution in [-0.4, -0.2) is 38.5 Å². The van der Waals surface area contributed by atoms with Gasteiger partial charge in [0.25, 0.3) is 0 Å². The molecule has 1 amide bonds. The minimum atomic E-state index is -0.840. The van der Waals surface area contributed by atoms with E-state index in [1.165, 1.54) is 0 Å². The summed E-state index contributed by atoms with van der Waals surface area (Å²) < 4.78 is 2.04. The van der Waals surface area contributed by atoms with Crippen LogP contribution in [0.3, 0.4) is 0 Å². The van der Waals surface area contributed by atoms with Crippen molar-refractivity contribution in [1.29, 1.82) is 0 Å². The number of phenols is 1. The van der Waals surface area contributed by atoms with E-state index in [4.69, 9.17) is 0 Å². The van der Waals surface area contributed by atoms with Crippen LogP contribution in [0.25, 0.3) is 10.9 Å². The van der Waals surface area contributed by atoms with Crippen LogP contribution in [0.1, 0.15) is 44.9 Å². The molecule has 3 aromatic rings. The molecule has 0 bridgehead atoms. The standard InChI is InChI=1S/C25H30N2O4/c1-24(2,3)22-12-16-11-18(7-8-21(16)27(22)14-20(30)15-28)26-23(31)25(9-10-25)17-5-4-6-19(29)13-17/h4-8,11-13,20,28-30H,9-10,14-15H2,1-3H3,(H,26,31)/t20-/m1/s1. The number of fused-ring (bicyclic) bond motifs is 1. The molecule has 0 radical (unpaired) electrons. The van der Waals surface area contributed by atoms with Crippen molar-refractivity contribution in [2.75, 3.05) is 11.9 Å². The molecule has 4 N–H and O–H groups in total. The van der Waals surface area contributed by atoms with Crippen LogP contribution >= 0.6 is 0 Å². The first kappa shape index (κ1) is 21.4. The number of amides is 1. The van der Waals surface area contributed by atoms with Crippen molar-refractivity contribution < 1.29 is 20.1 Å².